The molecule has 1 aliphatic rings. The highest BCUT2D eigenvalue weighted by atomic mass is 16.5. The molecule has 0 unspecified atom stereocenters. The number of ether oxygens (including phenoxy) is 3. The summed E-state index contributed by atoms with van der Waals surface area (Å²) in [5.41, 5.74) is 0. The summed E-state index contributed by atoms with van der Waals surface area (Å²) in [6.07, 6.45) is 0. The summed E-state index contributed by atoms with van der Waals surface area (Å²) >= 11 is 0. The average Bonchev–Trinajstić information content (AvgIpc) is 2.50. The van der Waals surface area contributed by atoms with E-state index < -0.39 is 0 Å². The number of aliphatic imine (C=N–C) groups is 1. The van der Waals surface area contributed by atoms with Crippen molar-refractivity contribution in [1.82, 2.24) is 0 Å². The van der Waals surface area contributed by atoms with Crippen molar-refractivity contribution in [2.24, 2.45) is 4.99 Å². The third-order valence-electron chi connectivity index (χ3n) is 1.31. The van der Waals surface area contributed by atoms with Gasteiger partial charge < -0.3 is 14.2 Å². The number of hydrogen-bond donors (Lipinski definition) is 0. The van der Waals surface area contributed by atoms with Crippen LogP contribution in [0.3, 0.4) is 0 Å². The van der Waals surface area contributed by atoms with Crippen molar-refractivity contribution in [3.05, 3.63) is 0 Å². The van der Waals surface area contributed by atoms with Crippen LogP contribution in [0.1, 0.15) is 0 Å². The lowest BCUT2D eigenvalue weighted by Gasteiger charge is -2.02. The zero-order valence-electron chi connectivity index (χ0n) is 6.71. The summed E-state index contributed by atoms with van der Waals surface area (Å²) in [5.74, 6) is 0.709. The summed E-state index contributed by atoms with van der Waals surface area (Å²) in [6, 6.07) is 0. The van der Waals surface area contributed by atoms with Crippen LogP contribution >= 0.6 is 0 Å². The van der Waals surface area contributed by atoms with Gasteiger partial charge >= 0.3 is 0 Å². The molecule has 0 bridgehead atoms. The van der Waals surface area contributed by atoms with Crippen molar-refractivity contribution in [3.63, 3.8) is 0 Å². The number of methoxy groups -OCH3 is 1. The Labute approximate surface area is 66.2 Å². The van der Waals surface area contributed by atoms with Gasteiger partial charge in [-0.1, -0.05) is 0 Å². The highest BCUT2D eigenvalue weighted by molar-refractivity contribution is 5.78. The Morgan fingerprint density at radius 1 is 1.55 bits per heavy atom. The van der Waals surface area contributed by atoms with Gasteiger partial charge in [0, 0.05) is 7.11 Å². The SMILES string of the molecule is COCCOCC1=NCCO1. The Balaban J connectivity index is 1.94. The lowest BCUT2D eigenvalue weighted by atomic mass is 10.7. The van der Waals surface area contributed by atoms with Crippen LogP contribution in [0, 0.1) is 0 Å². The Bertz CT molecular complexity index is 136. The van der Waals surface area contributed by atoms with Gasteiger partial charge in [-0.2, -0.15) is 0 Å². The van der Waals surface area contributed by atoms with Crippen LogP contribution in [0.4, 0.5) is 0 Å². The highest BCUT2D eigenvalue weighted by Gasteiger charge is 2.05. The van der Waals surface area contributed by atoms with E-state index in [4.69, 9.17) is 14.2 Å². The standard InChI is InChI=1S/C7H13NO3/c1-9-4-5-10-6-7-8-2-3-11-7/h2-6H2,1H3. The highest BCUT2D eigenvalue weighted by Crippen LogP contribution is 1.93. The van der Waals surface area contributed by atoms with E-state index in [1.807, 2.05) is 0 Å². The first-order chi connectivity index (χ1) is 5.43. The molecule has 4 nitrogen and oxygen atoms in total. The lowest BCUT2D eigenvalue weighted by molar-refractivity contribution is 0.0839. The first-order valence-electron chi connectivity index (χ1n) is 3.66. The maximum atomic E-state index is 5.18. The van der Waals surface area contributed by atoms with Crippen molar-refractivity contribution < 1.29 is 14.2 Å². The molecule has 0 radical (unpaired) electrons. The van der Waals surface area contributed by atoms with Crippen molar-refractivity contribution in [2.45, 2.75) is 0 Å². The second-order valence-electron chi connectivity index (χ2n) is 2.17. The Morgan fingerprint density at radius 2 is 2.45 bits per heavy atom. The second kappa shape index (κ2) is 5.09. The minimum absolute atomic E-state index is 0.476. The molecular formula is C7H13NO3. The molecule has 0 fully saturated rings. The second-order valence-corrected chi connectivity index (χ2v) is 2.17. The van der Waals surface area contributed by atoms with E-state index >= 15 is 0 Å². The molecule has 0 saturated carbocycles. The van der Waals surface area contributed by atoms with E-state index in [2.05, 4.69) is 4.99 Å². The molecule has 4 heteroatoms. The smallest absolute Gasteiger partial charge is 0.210 e. The number of rotatable bonds is 5. The van der Waals surface area contributed by atoms with Gasteiger partial charge in [0.1, 0.15) is 13.2 Å². The Hall–Kier alpha value is -0.610. The molecule has 0 aromatic heterocycles. The lowest BCUT2D eigenvalue weighted by Crippen LogP contribution is -2.11. The van der Waals surface area contributed by atoms with Crippen LogP contribution in [-0.2, 0) is 14.2 Å². The molecule has 0 spiro atoms. The largest absolute Gasteiger partial charge is 0.477 e. The molecule has 1 rings (SSSR count). The normalized spacial score (nSPS) is 16.3. The van der Waals surface area contributed by atoms with Gasteiger partial charge in [-0.3, -0.25) is 4.99 Å². The van der Waals surface area contributed by atoms with E-state index in [1.54, 1.807) is 7.11 Å². The van der Waals surface area contributed by atoms with Crippen LogP contribution in [0.15, 0.2) is 4.99 Å². The minimum atomic E-state index is 0.476. The summed E-state index contributed by atoms with van der Waals surface area (Å²) in [7, 11) is 1.65. The molecule has 64 valence electrons. The van der Waals surface area contributed by atoms with Gasteiger partial charge in [-0.15, -0.1) is 0 Å². The third-order valence-corrected chi connectivity index (χ3v) is 1.31. The van der Waals surface area contributed by atoms with Crippen LogP contribution in [0.5, 0.6) is 0 Å². The summed E-state index contributed by atoms with van der Waals surface area (Å²) in [5, 5.41) is 0. The topological polar surface area (TPSA) is 40.0 Å². The maximum absolute atomic E-state index is 5.18. The molecule has 1 heterocycles. The predicted octanol–water partition coefficient (Wildman–Crippen LogP) is 0.0781. The van der Waals surface area contributed by atoms with Gasteiger partial charge in [-0.25, -0.2) is 0 Å². The van der Waals surface area contributed by atoms with E-state index in [0.717, 1.165) is 6.54 Å². The van der Waals surface area contributed by atoms with Crippen LogP contribution < -0.4 is 0 Å². The van der Waals surface area contributed by atoms with Crippen molar-refractivity contribution in [3.8, 4) is 0 Å². The van der Waals surface area contributed by atoms with Gasteiger partial charge in [0.15, 0.2) is 0 Å². The van der Waals surface area contributed by atoms with E-state index in [9.17, 15) is 0 Å². The van der Waals surface area contributed by atoms with Gasteiger partial charge in [0.25, 0.3) is 0 Å². The zero-order chi connectivity index (χ0) is 7.94. The predicted molar refractivity (Wildman–Crippen MR) is 40.9 cm³/mol. The fourth-order valence-electron chi connectivity index (χ4n) is 0.768. The molecule has 11 heavy (non-hydrogen) atoms. The van der Waals surface area contributed by atoms with Gasteiger partial charge in [-0.05, 0) is 0 Å². The zero-order valence-corrected chi connectivity index (χ0v) is 6.71. The summed E-state index contributed by atoms with van der Waals surface area (Å²) < 4.78 is 15.1. The molecule has 0 aromatic carbocycles. The first-order valence-corrected chi connectivity index (χ1v) is 3.66. The fraction of sp³-hybridized carbons (Fsp3) is 0.857. The molecule has 0 atom stereocenters. The monoisotopic (exact) mass is 159 g/mol. The third kappa shape index (κ3) is 3.34. The first kappa shape index (κ1) is 8.49. The number of nitrogens with zero attached hydrogens (tertiary/aromatic N) is 1. The number of hydrogen-bond acceptors (Lipinski definition) is 4. The molecule has 0 N–H and O–H groups in total. The van der Waals surface area contributed by atoms with Crippen molar-refractivity contribution in [1.29, 1.82) is 0 Å². The average molecular weight is 159 g/mol. The molecule has 0 amide bonds. The van der Waals surface area contributed by atoms with E-state index in [-0.39, 0.29) is 0 Å². The summed E-state index contributed by atoms with van der Waals surface area (Å²) in [4.78, 5) is 4.06. The molecule has 0 saturated heterocycles. The van der Waals surface area contributed by atoms with Crippen LogP contribution in [-0.4, -0.2) is 46.0 Å². The van der Waals surface area contributed by atoms with Crippen LogP contribution in [0.25, 0.3) is 0 Å². The van der Waals surface area contributed by atoms with E-state index in [0.29, 0.717) is 32.3 Å². The molecule has 0 aliphatic carbocycles. The Kier molecular flexibility index (Phi) is 3.93. The summed E-state index contributed by atoms with van der Waals surface area (Å²) in [6.45, 7) is 3.15. The quantitative estimate of drug-likeness (QED) is 0.533. The molecule has 0 aromatic rings. The minimum Gasteiger partial charge on any atom is -0.477 e. The van der Waals surface area contributed by atoms with Gasteiger partial charge in [0.05, 0.1) is 19.8 Å². The molecular weight excluding hydrogens is 146 g/mol. The van der Waals surface area contributed by atoms with Crippen molar-refractivity contribution >= 4 is 5.90 Å². The van der Waals surface area contributed by atoms with Crippen LogP contribution in [0.2, 0.25) is 0 Å². The molecule has 1 aliphatic heterocycles. The fourth-order valence-corrected chi connectivity index (χ4v) is 0.768. The van der Waals surface area contributed by atoms with E-state index in [1.165, 1.54) is 0 Å². The maximum Gasteiger partial charge on any atom is 0.210 e. The Morgan fingerprint density at radius 3 is 3.09 bits per heavy atom. The van der Waals surface area contributed by atoms with Crippen molar-refractivity contribution in [2.75, 3.05) is 40.1 Å². The van der Waals surface area contributed by atoms with Gasteiger partial charge in [0.2, 0.25) is 5.90 Å².